The van der Waals surface area contributed by atoms with Crippen LogP contribution in [0.1, 0.15) is 23.1 Å². The fourth-order valence-electron chi connectivity index (χ4n) is 2.29. The van der Waals surface area contributed by atoms with Crippen LogP contribution in [0, 0.1) is 6.92 Å². The second kappa shape index (κ2) is 5.70. The van der Waals surface area contributed by atoms with Crippen molar-refractivity contribution in [3.05, 3.63) is 45.5 Å². The second-order valence-electron chi connectivity index (χ2n) is 4.96. The Morgan fingerprint density at radius 1 is 1.41 bits per heavy atom. The molecule has 3 aromatic rings. The van der Waals surface area contributed by atoms with Gasteiger partial charge in [0.2, 0.25) is 0 Å². The largest absolute Gasteiger partial charge is 0.319 e. The summed E-state index contributed by atoms with van der Waals surface area (Å²) in [6, 6.07) is 7.39. The van der Waals surface area contributed by atoms with Crippen molar-refractivity contribution in [1.29, 1.82) is 0 Å². The third-order valence-corrected chi connectivity index (χ3v) is 4.80. The third-order valence-electron chi connectivity index (χ3n) is 3.47. The number of nitrogens with zero attached hydrogens (tertiary/aromatic N) is 4. The Hall–Kier alpha value is -1.92. The molecule has 1 amide bonds. The fourth-order valence-corrected chi connectivity index (χ4v) is 3.59. The van der Waals surface area contributed by atoms with E-state index >= 15 is 0 Å². The normalized spacial score (nSPS) is 12.3. The van der Waals surface area contributed by atoms with E-state index in [9.17, 15) is 4.79 Å². The third kappa shape index (κ3) is 2.60. The molecule has 0 N–H and O–H groups in total. The van der Waals surface area contributed by atoms with Gasteiger partial charge in [0, 0.05) is 24.3 Å². The molecule has 0 aliphatic carbocycles. The molecular formula is C15H15ClN4OS. The molecule has 0 unspecified atom stereocenters. The molecule has 0 fully saturated rings. The summed E-state index contributed by atoms with van der Waals surface area (Å²) in [5, 5.41) is 4.94. The second-order valence-corrected chi connectivity index (χ2v) is 6.40. The van der Waals surface area contributed by atoms with Gasteiger partial charge in [-0.05, 0) is 38.1 Å². The highest BCUT2D eigenvalue weighted by molar-refractivity contribution is 7.16. The lowest BCUT2D eigenvalue weighted by molar-refractivity contribution is 0.0992. The summed E-state index contributed by atoms with van der Waals surface area (Å²) in [7, 11) is 1.88. The molecule has 22 heavy (non-hydrogen) atoms. The molecule has 0 spiro atoms. The Morgan fingerprint density at radius 3 is 2.86 bits per heavy atom. The highest BCUT2D eigenvalue weighted by Crippen LogP contribution is 2.21. The summed E-state index contributed by atoms with van der Waals surface area (Å²) in [4.78, 5) is 17.2. The van der Waals surface area contributed by atoms with Crippen molar-refractivity contribution in [3.8, 4) is 0 Å². The molecule has 2 heterocycles. The number of benzene rings is 1. The Morgan fingerprint density at radius 2 is 2.18 bits per heavy atom. The van der Waals surface area contributed by atoms with Gasteiger partial charge in [-0.15, -0.1) is 0 Å². The summed E-state index contributed by atoms with van der Waals surface area (Å²) in [5.41, 5.74) is 2.32. The summed E-state index contributed by atoms with van der Waals surface area (Å²) in [6.07, 6.45) is 0. The Labute approximate surface area is 136 Å². The van der Waals surface area contributed by atoms with Gasteiger partial charge < -0.3 is 4.57 Å². The van der Waals surface area contributed by atoms with Gasteiger partial charge >= 0.3 is 0 Å². The van der Waals surface area contributed by atoms with Crippen LogP contribution in [-0.4, -0.2) is 20.3 Å². The van der Waals surface area contributed by atoms with Crippen molar-refractivity contribution < 1.29 is 4.79 Å². The highest BCUT2D eigenvalue weighted by Gasteiger charge is 2.12. The first-order valence-corrected chi connectivity index (χ1v) is 8.07. The molecule has 114 valence electrons. The number of fused-ring (bicyclic) bond motifs is 1. The van der Waals surface area contributed by atoms with Crippen molar-refractivity contribution in [2.75, 3.05) is 0 Å². The maximum Gasteiger partial charge on any atom is 0.300 e. The van der Waals surface area contributed by atoms with Gasteiger partial charge in [0.15, 0.2) is 10.5 Å². The predicted octanol–water partition coefficient (Wildman–Crippen LogP) is 3.16. The zero-order chi connectivity index (χ0) is 15.9. The summed E-state index contributed by atoms with van der Waals surface area (Å²) < 4.78 is 4.67. The molecule has 7 heteroatoms. The van der Waals surface area contributed by atoms with E-state index in [1.54, 1.807) is 10.7 Å². The first kappa shape index (κ1) is 15.0. The van der Waals surface area contributed by atoms with Gasteiger partial charge in [0.25, 0.3) is 5.91 Å². The van der Waals surface area contributed by atoms with E-state index in [4.69, 9.17) is 11.6 Å². The van der Waals surface area contributed by atoms with Crippen molar-refractivity contribution in [2.45, 2.75) is 20.4 Å². The van der Waals surface area contributed by atoms with Crippen LogP contribution in [0.5, 0.6) is 0 Å². The molecule has 0 aliphatic heterocycles. The van der Waals surface area contributed by atoms with E-state index in [2.05, 4.69) is 10.1 Å². The van der Waals surface area contributed by atoms with Gasteiger partial charge in [0.1, 0.15) is 0 Å². The monoisotopic (exact) mass is 334 g/mol. The molecule has 0 saturated heterocycles. The number of carbonyl (C=O) groups excluding carboxylic acids is 1. The number of carbonyl (C=O) groups is 1. The molecule has 1 aromatic carbocycles. The fraction of sp³-hybridized carbons (Fsp3) is 0.267. The quantitative estimate of drug-likeness (QED) is 0.723. The van der Waals surface area contributed by atoms with Gasteiger partial charge in [-0.25, -0.2) is 0 Å². The SMILES string of the molecule is CCn1nc(C(=O)N=c2sc3cc(Cl)ccc3n2C)cc1C. The van der Waals surface area contributed by atoms with Crippen LogP contribution in [0.15, 0.2) is 29.3 Å². The molecule has 0 radical (unpaired) electrons. The summed E-state index contributed by atoms with van der Waals surface area (Å²) in [6.45, 7) is 4.64. The van der Waals surface area contributed by atoms with Gasteiger partial charge in [-0.1, -0.05) is 22.9 Å². The Balaban J connectivity index is 2.07. The van der Waals surface area contributed by atoms with Crippen molar-refractivity contribution in [3.63, 3.8) is 0 Å². The topological polar surface area (TPSA) is 52.2 Å². The van der Waals surface area contributed by atoms with E-state index in [0.717, 1.165) is 22.5 Å². The smallest absolute Gasteiger partial charge is 0.300 e. The standard InChI is InChI=1S/C15H15ClN4OS/c1-4-20-9(2)7-11(18-20)14(21)17-15-19(3)12-6-5-10(16)8-13(12)22-15/h5-8H,4H2,1-3H3. The van der Waals surface area contributed by atoms with Crippen LogP contribution in [0.3, 0.4) is 0 Å². The lowest BCUT2D eigenvalue weighted by Crippen LogP contribution is -2.13. The molecule has 0 bridgehead atoms. The van der Waals surface area contributed by atoms with E-state index in [-0.39, 0.29) is 5.91 Å². The van der Waals surface area contributed by atoms with Crippen LogP contribution in [0.4, 0.5) is 0 Å². The first-order chi connectivity index (χ1) is 10.5. The maximum absolute atomic E-state index is 12.3. The molecule has 3 rings (SSSR count). The number of aromatic nitrogens is 3. The Kier molecular flexibility index (Phi) is 3.88. The first-order valence-electron chi connectivity index (χ1n) is 6.88. The number of aryl methyl sites for hydroxylation is 3. The maximum atomic E-state index is 12.3. The molecule has 0 aliphatic rings. The van der Waals surface area contributed by atoms with Crippen LogP contribution >= 0.6 is 22.9 Å². The molecule has 0 saturated carbocycles. The minimum Gasteiger partial charge on any atom is -0.319 e. The number of rotatable bonds is 2. The molecule has 2 aromatic heterocycles. The highest BCUT2D eigenvalue weighted by atomic mass is 35.5. The number of hydrogen-bond donors (Lipinski definition) is 0. The van der Waals surface area contributed by atoms with Gasteiger partial charge in [0.05, 0.1) is 10.2 Å². The predicted molar refractivity (Wildman–Crippen MR) is 88.3 cm³/mol. The van der Waals surface area contributed by atoms with E-state index < -0.39 is 0 Å². The molecular weight excluding hydrogens is 320 g/mol. The minimum absolute atomic E-state index is 0.330. The van der Waals surface area contributed by atoms with Crippen LogP contribution < -0.4 is 4.80 Å². The number of thiazole rings is 1. The number of hydrogen-bond acceptors (Lipinski definition) is 3. The van der Waals surface area contributed by atoms with E-state index in [1.807, 2.05) is 43.7 Å². The summed E-state index contributed by atoms with van der Waals surface area (Å²) >= 11 is 7.44. The van der Waals surface area contributed by atoms with Crippen molar-refractivity contribution in [1.82, 2.24) is 14.3 Å². The zero-order valence-corrected chi connectivity index (χ0v) is 14.1. The summed E-state index contributed by atoms with van der Waals surface area (Å²) in [5.74, 6) is -0.330. The average Bonchev–Trinajstić information content (AvgIpc) is 3.00. The Bertz CT molecular complexity index is 935. The van der Waals surface area contributed by atoms with Gasteiger partial charge in [-0.3, -0.25) is 9.48 Å². The van der Waals surface area contributed by atoms with E-state index in [1.165, 1.54) is 11.3 Å². The van der Waals surface area contributed by atoms with Crippen LogP contribution in [0.25, 0.3) is 10.2 Å². The van der Waals surface area contributed by atoms with Crippen molar-refractivity contribution >= 4 is 39.1 Å². The minimum atomic E-state index is -0.330. The molecule has 5 nitrogen and oxygen atoms in total. The lowest BCUT2D eigenvalue weighted by atomic mass is 10.3. The average molecular weight is 335 g/mol. The zero-order valence-electron chi connectivity index (χ0n) is 12.5. The lowest BCUT2D eigenvalue weighted by Gasteiger charge is -1.96. The van der Waals surface area contributed by atoms with Crippen LogP contribution in [0.2, 0.25) is 5.02 Å². The number of amides is 1. The number of halogens is 1. The van der Waals surface area contributed by atoms with Gasteiger partial charge in [-0.2, -0.15) is 10.1 Å². The van der Waals surface area contributed by atoms with Crippen molar-refractivity contribution in [2.24, 2.45) is 12.0 Å². The van der Waals surface area contributed by atoms with Crippen LogP contribution in [-0.2, 0) is 13.6 Å². The molecule has 0 atom stereocenters. The van der Waals surface area contributed by atoms with E-state index in [0.29, 0.717) is 15.5 Å².